The van der Waals surface area contributed by atoms with E-state index < -0.39 is 7.60 Å². The highest BCUT2D eigenvalue weighted by Crippen LogP contribution is 2.34. The van der Waals surface area contributed by atoms with Crippen LogP contribution < -0.4 is 10.2 Å². The van der Waals surface area contributed by atoms with Crippen molar-refractivity contribution in [2.75, 3.05) is 13.2 Å². The predicted octanol–water partition coefficient (Wildman–Crippen LogP) is 1.28. The molecule has 0 saturated heterocycles. The first-order valence-corrected chi connectivity index (χ1v) is 12.8. The van der Waals surface area contributed by atoms with Crippen molar-refractivity contribution in [3.63, 3.8) is 0 Å². The van der Waals surface area contributed by atoms with E-state index in [4.69, 9.17) is 0 Å². The number of carbonyl (C=O) groups is 1. The zero-order valence-corrected chi connectivity index (χ0v) is 23.3. The minimum atomic E-state index is -4.37. The van der Waals surface area contributed by atoms with Crippen LogP contribution in [0.5, 0.6) is 0 Å². The van der Waals surface area contributed by atoms with Crippen molar-refractivity contribution in [2.24, 2.45) is 0 Å². The maximum absolute atomic E-state index is 11.5. The van der Waals surface area contributed by atoms with Crippen molar-refractivity contribution in [1.82, 2.24) is 5.32 Å². The SMILES string of the molecule is C=C=C=C=C=C(C#CC#CC#CC#CC#CC#CC#CC#CC#CC#CC#CC#CP(=O)([O-])OCCNC(C)=O)CC. The van der Waals surface area contributed by atoms with Crippen LogP contribution in [0.25, 0.3) is 0 Å². The first-order valence-electron chi connectivity index (χ1n) is 11.3. The number of carbonyl (C=O) groups excluding carboxylic acids is 1. The summed E-state index contributed by atoms with van der Waals surface area (Å²) in [5.74, 6) is 56.3. The maximum Gasteiger partial charge on any atom is 0.216 e. The van der Waals surface area contributed by atoms with Crippen LogP contribution in [0.2, 0.25) is 0 Å². The highest BCUT2D eigenvalue weighted by Gasteiger charge is 2.02. The molecule has 1 atom stereocenters. The first-order chi connectivity index (χ1) is 20.4. The van der Waals surface area contributed by atoms with Crippen molar-refractivity contribution in [3.8, 4) is 142 Å². The summed E-state index contributed by atoms with van der Waals surface area (Å²) in [7, 11) is -4.37. The fraction of sp³-hybridized carbons (Fsp3) is 0.139. The molecule has 0 aromatic carbocycles. The topological polar surface area (TPSA) is 78.5 Å². The lowest BCUT2D eigenvalue weighted by Crippen LogP contribution is -2.24. The van der Waals surface area contributed by atoms with Crippen LogP contribution in [0.4, 0.5) is 0 Å². The molecular weight excluding hydrogens is 541 g/mol. The van der Waals surface area contributed by atoms with Crippen LogP contribution >= 0.6 is 7.60 Å². The van der Waals surface area contributed by atoms with Gasteiger partial charge in [0.2, 0.25) is 13.5 Å². The van der Waals surface area contributed by atoms with Crippen LogP contribution in [0.3, 0.4) is 0 Å². The lowest BCUT2D eigenvalue weighted by atomic mass is 10.2. The minimum Gasteiger partial charge on any atom is -0.769 e. The van der Waals surface area contributed by atoms with E-state index in [1.807, 2.05) is 12.6 Å². The molecule has 0 aromatic rings. The molecule has 6 heteroatoms. The summed E-state index contributed by atoms with van der Waals surface area (Å²) >= 11 is 0. The van der Waals surface area contributed by atoms with Gasteiger partial charge in [0.05, 0.1) is 12.2 Å². The second-order valence-corrected chi connectivity index (χ2v) is 7.66. The van der Waals surface area contributed by atoms with E-state index in [1.54, 1.807) is 0 Å². The molecule has 0 aliphatic carbocycles. The van der Waals surface area contributed by atoms with Gasteiger partial charge in [0.1, 0.15) is 0 Å². The van der Waals surface area contributed by atoms with Crippen LogP contribution in [-0.4, -0.2) is 19.1 Å². The maximum atomic E-state index is 11.5. The van der Waals surface area contributed by atoms with Gasteiger partial charge in [-0.2, -0.15) is 0 Å². The average Bonchev–Trinajstić information content (AvgIpc) is 2.96. The van der Waals surface area contributed by atoms with Gasteiger partial charge in [-0.3, -0.25) is 9.36 Å². The van der Waals surface area contributed by atoms with E-state index in [0.29, 0.717) is 6.42 Å². The molecule has 1 unspecified atom stereocenters. The van der Waals surface area contributed by atoms with Gasteiger partial charge in [-0.15, -0.1) is 0 Å². The van der Waals surface area contributed by atoms with Crippen molar-refractivity contribution in [3.05, 3.63) is 35.1 Å². The Morgan fingerprint density at radius 1 is 0.714 bits per heavy atom. The number of hydrogen-bond acceptors (Lipinski definition) is 4. The van der Waals surface area contributed by atoms with E-state index in [1.165, 1.54) is 6.92 Å². The van der Waals surface area contributed by atoms with Crippen molar-refractivity contribution in [2.45, 2.75) is 20.3 Å². The summed E-state index contributed by atoms with van der Waals surface area (Å²) in [5, 5.41) is 2.38. The first kappa shape index (κ1) is 35.2. The molecule has 0 aromatic heterocycles. The normalized spacial score (nSPS) is 7.50. The summed E-state index contributed by atoms with van der Waals surface area (Å²) in [6.07, 6.45) is 0.682. The molecule has 0 bridgehead atoms. The molecule has 5 nitrogen and oxygen atoms in total. The number of rotatable bonds is 5. The Bertz CT molecular complexity index is 2070. The van der Waals surface area contributed by atoms with Crippen molar-refractivity contribution < 1.29 is 18.8 Å². The smallest absolute Gasteiger partial charge is 0.216 e. The summed E-state index contributed by atoms with van der Waals surface area (Å²) < 4.78 is 16.0. The molecule has 42 heavy (non-hydrogen) atoms. The standard InChI is InChI=1S/C36H16NO4P/c1-4-6-27-30-36(5-2)31-28-25-23-21-19-17-15-13-11-9-7-8-10-12-14-16-18-20-22-24-26-29-34-42(39,40)41-33-32-37-35(3)38/h1,5,32-33H2,2-3H3,(H,37,38)(H,39,40)/p-1. The van der Waals surface area contributed by atoms with E-state index >= 15 is 0 Å². The van der Waals surface area contributed by atoms with Crippen LogP contribution in [-0.2, 0) is 13.9 Å². The third kappa shape index (κ3) is 26.3. The highest BCUT2D eigenvalue weighted by molar-refractivity contribution is 7.56. The van der Waals surface area contributed by atoms with E-state index in [-0.39, 0.29) is 19.1 Å². The summed E-state index contributed by atoms with van der Waals surface area (Å²) in [6.45, 7) is 6.42. The molecule has 0 rings (SSSR count). The van der Waals surface area contributed by atoms with Gasteiger partial charge in [0, 0.05) is 49.0 Å². The predicted molar refractivity (Wildman–Crippen MR) is 159 cm³/mol. The third-order valence-electron chi connectivity index (χ3n) is 3.17. The van der Waals surface area contributed by atoms with E-state index in [0.717, 1.165) is 5.57 Å². The Kier molecular flexibility index (Phi) is 21.7. The molecule has 0 spiro atoms. The molecule has 0 heterocycles. The Morgan fingerprint density at radius 2 is 1.12 bits per heavy atom. The van der Waals surface area contributed by atoms with Gasteiger partial charge in [-0.1, -0.05) is 12.7 Å². The van der Waals surface area contributed by atoms with Gasteiger partial charge in [-0.25, -0.2) is 0 Å². The lowest BCUT2D eigenvalue weighted by Gasteiger charge is -2.16. The minimum absolute atomic E-state index is 0.0454. The Labute approximate surface area is 247 Å². The second kappa shape index (κ2) is 25.8. The molecular formula is C36H15NO4P-. The van der Waals surface area contributed by atoms with E-state index in [9.17, 15) is 14.3 Å². The monoisotopic (exact) mass is 556 g/mol. The summed E-state index contributed by atoms with van der Waals surface area (Å²) in [5.41, 5.74) is 13.0. The zero-order valence-electron chi connectivity index (χ0n) is 22.4. The number of nitrogens with one attached hydrogen (secondary N) is 1. The number of hydrogen-bond donors (Lipinski definition) is 1. The Morgan fingerprint density at radius 3 is 1.50 bits per heavy atom. The Balaban J connectivity index is 4.66. The molecule has 0 aliphatic heterocycles. The van der Waals surface area contributed by atoms with E-state index in [2.05, 4.69) is 176 Å². The van der Waals surface area contributed by atoms with Gasteiger partial charge >= 0.3 is 0 Å². The third-order valence-corrected chi connectivity index (χ3v) is 4.08. The molecule has 1 N–H and O–H groups in total. The van der Waals surface area contributed by atoms with Crippen LogP contribution in [0.15, 0.2) is 35.1 Å². The molecule has 0 saturated carbocycles. The van der Waals surface area contributed by atoms with Gasteiger partial charge in [-0.05, 0) is 137 Å². The van der Waals surface area contributed by atoms with Crippen molar-refractivity contribution >= 4 is 13.5 Å². The molecule has 0 aliphatic rings. The molecule has 1 amide bonds. The van der Waals surface area contributed by atoms with Crippen LogP contribution in [0, 0.1) is 142 Å². The highest BCUT2D eigenvalue weighted by atomic mass is 31.2. The number of allylic oxidation sites excluding steroid dienone is 1. The molecule has 194 valence electrons. The summed E-state index contributed by atoms with van der Waals surface area (Å²) in [4.78, 5) is 22.1. The quantitative estimate of drug-likeness (QED) is 0.240. The summed E-state index contributed by atoms with van der Waals surface area (Å²) in [6, 6.07) is 0. The van der Waals surface area contributed by atoms with Gasteiger partial charge < -0.3 is 14.7 Å². The lowest BCUT2D eigenvalue weighted by molar-refractivity contribution is -0.193. The van der Waals surface area contributed by atoms with Crippen molar-refractivity contribution in [1.29, 1.82) is 0 Å². The fourth-order valence-electron chi connectivity index (χ4n) is 1.61. The Hall–Kier alpha value is -6.80. The number of amides is 1. The second-order valence-electron chi connectivity index (χ2n) is 6.18. The largest absolute Gasteiger partial charge is 0.769 e. The molecule has 0 radical (unpaired) electrons. The van der Waals surface area contributed by atoms with Gasteiger partial charge in [0.25, 0.3) is 0 Å². The average molecular weight is 556 g/mol. The fourth-order valence-corrected chi connectivity index (χ4v) is 2.20. The zero-order chi connectivity index (χ0) is 31.0. The molecule has 0 fully saturated rings. The van der Waals surface area contributed by atoms with Crippen LogP contribution in [0.1, 0.15) is 20.3 Å². The van der Waals surface area contributed by atoms with Gasteiger partial charge in [0.15, 0.2) is 0 Å².